The average molecular weight is 276 g/mol. The molecule has 2 aliphatic rings. The van der Waals surface area contributed by atoms with Crippen molar-refractivity contribution in [1.82, 2.24) is 19.8 Å². The van der Waals surface area contributed by atoms with Crippen LogP contribution < -0.4 is 0 Å². The van der Waals surface area contributed by atoms with Crippen LogP contribution in [0.1, 0.15) is 29.0 Å². The number of aromatic nitrogens is 2. The summed E-state index contributed by atoms with van der Waals surface area (Å²) in [6.07, 6.45) is 5.00. The van der Waals surface area contributed by atoms with Crippen molar-refractivity contribution >= 4 is 5.91 Å². The van der Waals surface area contributed by atoms with E-state index < -0.39 is 6.10 Å². The monoisotopic (exact) mass is 276 g/mol. The van der Waals surface area contributed by atoms with Crippen LogP contribution in [0.5, 0.6) is 0 Å². The number of β-amino-alcohol motifs (C(OH)–C–C–N with tert-alkyl or cyclic N) is 1. The quantitative estimate of drug-likeness (QED) is 0.827. The van der Waals surface area contributed by atoms with E-state index in [9.17, 15) is 9.90 Å². The van der Waals surface area contributed by atoms with Gasteiger partial charge in [0.1, 0.15) is 5.69 Å². The fraction of sp³-hybridized carbons (Fsp3) is 0.643. The third-order valence-electron chi connectivity index (χ3n) is 4.16. The number of carbonyl (C=O) groups excluding carboxylic acids is 1. The van der Waals surface area contributed by atoms with Crippen LogP contribution in [0.15, 0.2) is 12.4 Å². The van der Waals surface area contributed by atoms with Gasteiger partial charge in [-0.25, -0.2) is 4.98 Å². The first kappa shape index (κ1) is 13.5. The molecule has 3 rings (SSSR count). The van der Waals surface area contributed by atoms with Gasteiger partial charge in [-0.15, -0.1) is 0 Å². The second kappa shape index (κ2) is 5.46. The first-order chi connectivity index (χ1) is 9.65. The summed E-state index contributed by atoms with van der Waals surface area (Å²) in [6, 6.07) is 0.0693. The number of aliphatic hydroxyl groups is 1. The molecule has 6 nitrogen and oxygen atoms in total. The first-order valence-corrected chi connectivity index (χ1v) is 7.15. The molecule has 0 bridgehead atoms. The van der Waals surface area contributed by atoms with E-state index in [-0.39, 0.29) is 11.9 Å². The third-order valence-corrected chi connectivity index (χ3v) is 4.16. The zero-order chi connectivity index (χ0) is 14.1. The van der Waals surface area contributed by atoms with Crippen LogP contribution in [0.2, 0.25) is 0 Å². The molecule has 0 spiro atoms. The molecule has 1 aromatic heterocycles. The van der Waals surface area contributed by atoms with Crippen molar-refractivity contribution in [3.63, 3.8) is 0 Å². The lowest BCUT2D eigenvalue weighted by atomic mass is 10.2. The number of hydrogen-bond donors (Lipinski definition) is 1. The molecule has 0 aromatic carbocycles. The standard InChI is InChI=1S/C14H20N4O2/c1-10-6-16-11(7-15-10)14(20)18-8-12(13(19)9-18)17-4-2-3-5-17/h6-7,12-13,19H,2-5,8-9H2,1H3/t12-,13-/m1/s1. The average Bonchev–Trinajstić information content (AvgIpc) is 3.07. The second-order valence-electron chi connectivity index (χ2n) is 5.63. The Morgan fingerprint density at radius 2 is 2.00 bits per heavy atom. The van der Waals surface area contributed by atoms with Crippen LogP contribution in [0.4, 0.5) is 0 Å². The highest BCUT2D eigenvalue weighted by Crippen LogP contribution is 2.22. The van der Waals surface area contributed by atoms with Crippen LogP contribution in [0.25, 0.3) is 0 Å². The zero-order valence-electron chi connectivity index (χ0n) is 11.7. The molecule has 0 aliphatic carbocycles. The van der Waals surface area contributed by atoms with Crippen LogP contribution >= 0.6 is 0 Å². The second-order valence-corrected chi connectivity index (χ2v) is 5.63. The van der Waals surface area contributed by atoms with Gasteiger partial charge >= 0.3 is 0 Å². The Labute approximate surface area is 118 Å². The molecule has 1 N–H and O–H groups in total. The molecule has 6 heteroatoms. The molecule has 2 fully saturated rings. The van der Waals surface area contributed by atoms with Crippen molar-refractivity contribution in [2.45, 2.75) is 31.9 Å². The number of likely N-dealkylation sites (tertiary alicyclic amines) is 2. The van der Waals surface area contributed by atoms with Crippen molar-refractivity contribution in [1.29, 1.82) is 0 Å². The zero-order valence-corrected chi connectivity index (χ0v) is 11.7. The van der Waals surface area contributed by atoms with Gasteiger partial charge in [-0.3, -0.25) is 14.7 Å². The van der Waals surface area contributed by atoms with Crippen molar-refractivity contribution < 1.29 is 9.90 Å². The number of amides is 1. The Morgan fingerprint density at radius 1 is 1.25 bits per heavy atom. The van der Waals surface area contributed by atoms with Crippen molar-refractivity contribution in [2.75, 3.05) is 26.2 Å². The molecule has 0 radical (unpaired) electrons. The number of carbonyl (C=O) groups is 1. The van der Waals surface area contributed by atoms with Crippen LogP contribution in [0.3, 0.4) is 0 Å². The normalized spacial score (nSPS) is 27.2. The highest BCUT2D eigenvalue weighted by molar-refractivity contribution is 5.92. The van der Waals surface area contributed by atoms with E-state index in [2.05, 4.69) is 14.9 Å². The molecular formula is C14H20N4O2. The topological polar surface area (TPSA) is 69.6 Å². The lowest BCUT2D eigenvalue weighted by molar-refractivity contribution is 0.0757. The molecule has 0 saturated carbocycles. The summed E-state index contributed by atoms with van der Waals surface area (Å²) < 4.78 is 0. The maximum absolute atomic E-state index is 12.4. The van der Waals surface area contributed by atoms with Gasteiger partial charge in [0.25, 0.3) is 5.91 Å². The molecule has 1 amide bonds. The minimum Gasteiger partial charge on any atom is -0.390 e. The summed E-state index contributed by atoms with van der Waals surface area (Å²) in [4.78, 5) is 24.6. The Bertz CT molecular complexity index is 484. The summed E-state index contributed by atoms with van der Waals surface area (Å²) in [5.74, 6) is -0.141. The van der Waals surface area contributed by atoms with Gasteiger partial charge in [-0.05, 0) is 32.9 Å². The highest BCUT2D eigenvalue weighted by Gasteiger charge is 2.38. The summed E-state index contributed by atoms with van der Waals surface area (Å²) in [6.45, 7) is 4.84. The number of aliphatic hydroxyl groups excluding tert-OH is 1. The fourth-order valence-corrected chi connectivity index (χ4v) is 3.03. The number of rotatable bonds is 2. The molecule has 1 aromatic rings. The highest BCUT2D eigenvalue weighted by atomic mass is 16.3. The van der Waals surface area contributed by atoms with Gasteiger partial charge in [0, 0.05) is 19.3 Å². The van der Waals surface area contributed by atoms with E-state index in [0.717, 1.165) is 18.8 Å². The number of nitrogens with zero attached hydrogens (tertiary/aromatic N) is 4. The molecule has 2 atom stereocenters. The molecule has 2 saturated heterocycles. The van der Waals surface area contributed by atoms with E-state index in [1.54, 1.807) is 11.1 Å². The third kappa shape index (κ3) is 2.53. The van der Waals surface area contributed by atoms with Crippen molar-refractivity contribution in [3.05, 3.63) is 23.8 Å². The molecule has 2 aliphatic heterocycles. The lowest BCUT2D eigenvalue weighted by Crippen LogP contribution is -2.41. The van der Waals surface area contributed by atoms with E-state index in [1.807, 2.05) is 6.92 Å². The van der Waals surface area contributed by atoms with Gasteiger partial charge in [0.05, 0.1) is 24.0 Å². The molecule has 0 unspecified atom stereocenters. The van der Waals surface area contributed by atoms with Gasteiger partial charge in [0.2, 0.25) is 0 Å². The van der Waals surface area contributed by atoms with Crippen LogP contribution in [-0.4, -0.2) is 69.1 Å². The minimum atomic E-state index is -0.463. The Kier molecular flexibility index (Phi) is 3.67. The van der Waals surface area contributed by atoms with Crippen LogP contribution in [0, 0.1) is 6.92 Å². The molecular weight excluding hydrogens is 256 g/mol. The lowest BCUT2D eigenvalue weighted by Gasteiger charge is -2.25. The van der Waals surface area contributed by atoms with E-state index in [0.29, 0.717) is 18.8 Å². The maximum Gasteiger partial charge on any atom is 0.274 e. The van der Waals surface area contributed by atoms with E-state index >= 15 is 0 Å². The fourth-order valence-electron chi connectivity index (χ4n) is 3.03. The molecule has 3 heterocycles. The number of hydrogen-bond acceptors (Lipinski definition) is 5. The van der Waals surface area contributed by atoms with Crippen molar-refractivity contribution in [2.24, 2.45) is 0 Å². The predicted molar refractivity (Wildman–Crippen MR) is 73.3 cm³/mol. The van der Waals surface area contributed by atoms with Crippen molar-refractivity contribution in [3.8, 4) is 0 Å². The Hall–Kier alpha value is -1.53. The van der Waals surface area contributed by atoms with Gasteiger partial charge in [-0.1, -0.05) is 0 Å². The predicted octanol–water partition coefficient (Wildman–Crippen LogP) is 0.0661. The molecule has 20 heavy (non-hydrogen) atoms. The minimum absolute atomic E-state index is 0.0693. The summed E-state index contributed by atoms with van der Waals surface area (Å²) >= 11 is 0. The smallest absolute Gasteiger partial charge is 0.274 e. The number of aryl methyl sites for hydroxylation is 1. The summed E-state index contributed by atoms with van der Waals surface area (Å²) in [5, 5.41) is 10.2. The first-order valence-electron chi connectivity index (χ1n) is 7.15. The Morgan fingerprint density at radius 3 is 2.65 bits per heavy atom. The maximum atomic E-state index is 12.4. The van der Waals surface area contributed by atoms with Gasteiger partial charge < -0.3 is 10.0 Å². The summed E-state index contributed by atoms with van der Waals surface area (Å²) in [7, 11) is 0. The van der Waals surface area contributed by atoms with Gasteiger partial charge in [0.15, 0.2) is 0 Å². The Balaban J connectivity index is 1.69. The van der Waals surface area contributed by atoms with Gasteiger partial charge in [-0.2, -0.15) is 0 Å². The van der Waals surface area contributed by atoms with E-state index in [1.165, 1.54) is 19.0 Å². The largest absolute Gasteiger partial charge is 0.390 e. The van der Waals surface area contributed by atoms with E-state index in [4.69, 9.17) is 0 Å². The summed E-state index contributed by atoms with van der Waals surface area (Å²) in [5.41, 5.74) is 1.14. The SMILES string of the molecule is Cc1cnc(C(=O)N2C[C@@H](O)[C@H](N3CCCC3)C2)cn1. The van der Waals surface area contributed by atoms with Crippen LogP contribution in [-0.2, 0) is 0 Å². The molecule has 108 valence electrons.